The molecule has 2 aliphatic heterocycles. The van der Waals surface area contributed by atoms with Crippen LogP contribution in [0.1, 0.15) is 65.4 Å². The number of carbonyl (C=O) groups excluding carboxylic acids is 2. The van der Waals surface area contributed by atoms with Gasteiger partial charge < -0.3 is 19.6 Å². The van der Waals surface area contributed by atoms with Crippen LogP contribution in [0.25, 0.3) is 0 Å². The molecular formula is C26H33FN4O3. The molecule has 1 N–H and O–H groups in total. The summed E-state index contributed by atoms with van der Waals surface area (Å²) < 4.78 is 15.1. The molecule has 2 aromatic rings. The first-order chi connectivity index (χ1) is 16.5. The van der Waals surface area contributed by atoms with Crippen LogP contribution >= 0.6 is 0 Å². The Morgan fingerprint density at radius 2 is 1.79 bits per heavy atom. The van der Waals surface area contributed by atoms with Crippen LogP contribution in [0.4, 0.5) is 4.39 Å². The molecule has 8 heteroatoms. The van der Waals surface area contributed by atoms with Crippen LogP contribution in [0.5, 0.6) is 0 Å². The van der Waals surface area contributed by atoms with E-state index < -0.39 is 0 Å². The molecule has 0 bridgehead atoms. The molecule has 0 aliphatic carbocycles. The number of nitrogens with zero attached hydrogens (tertiary/aromatic N) is 4. The summed E-state index contributed by atoms with van der Waals surface area (Å²) in [5.41, 5.74) is 2.51. The quantitative estimate of drug-likeness (QED) is 0.208. The van der Waals surface area contributed by atoms with Crippen molar-refractivity contribution in [3.05, 3.63) is 59.2 Å². The number of rotatable bonds is 8. The van der Waals surface area contributed by atoms with E-state index in [2.05, 4.69) is 10.1 Å². The van der Waals surface area contributed by atoms with E-state index >= 15 is 0 Å². The van der Waals surface area contributed by atoms with Crippen LogP contribution in [-0.2, 0) is 6.54 Å². The third-order valence-electron chi connectivity index (χ3n) is 7.10. The number of likely N-dealkylation sites (tertiary alicyclic amines) is 1. The highest BCUT2D eigenvalue weighted by atomic mass is 19.1. The van der Waals surface area contributed by atoms with E-state index in [4.69, 9.17) is 0 Å². The summed E-state index contributed by atoms with van der Waals surface area (Å²) in [7, 11) is 0. The highest BCUT2D eigenvalue weighted by molar-refractivity contribution is 6.11. The van der Waals surface area contributed by atoms with Gasteiger partial charge in [-0.1, -0.05) is 5.16 Å². The summed E-state index contributed by atoms with van der Waals surface area (Å²) >= 11 is 0. The fourth-order valence-corrected chi connectivity index (χ4v) is 5.05. The van der Waals surface area contributed by atoms with Gasteiger partial charge in [0.1, 0.15) is 11.5 Å². The smallest absolute Gasteiger partial charge is 0.271 e. The van der Waals surface area contributed by atoms with Gasteiger partial charge in [0.25, 0.3) is 5.91 Å². The minimum absolute atomic E-state index is 0.00551. The third kappa shape index (κ3) is 5.22. The fourth-order valence-electron chi connectivity index (χ4n) is 5.05. The maximum atomic E-state index is 13.1. The van der Waals surface area contributed by atoms with E-state index in [-0.39, 0.29) is 23.4 Å². The van der Waals surface area contributed by atoms with E-state index in [0.29, 0.717) is 36.5 Å². The highest BCUT2D eigenvalue weighted by Crippen LogP contribution is 2.24. The van der Waals surface area contributed by atoms with Gasteiger partial charge in [-0.05, 0) is 82.6 Å². The SMILES string of the molecule is CC[15N]1CCC(=NO)c2ccn(CCCCN3CCC(C(=O)c4ccc(F)cc4)CC3)c2C1=O. The van der Waals surface area contributed by atoms with Gasteiger partial charge in [-0.15, -0.1) is 0 Å². The zero-order chi connectivity index (χ0) is 24.1. The van der Waals surface area contributed by atoms with Gasteiger partial charge in [0, 0.05) is 49.3 Å². The van der Waals surface area contributed by atoms with Gasteiger partial charge in [0.15, 0.2) is 5.78 Å². The highest BCUT2D eigenvalue weighted by Gasteiger charge is 2.29. The maximum Gasteiger partial charge on any atom is 0.271 e. The van der Waals surface area contributed by atoms with Crippen molar-refractivity contribution in [2.24, 2.45) is 11.1 Å². The minimum Gasteiger partial charge on any atom is -0.411 e. The fraction of sp³-hybridized carbons (Fsp3) is 0.500. The first-order valence-corrected chi connectivity index (χ1v) is 12.2. The summed E-state index contributed by atoms with van der Waals surface area (Å²) in [4.78, 5) is 29.9. The molecule has 0 atom stereocenters. The Bertz CT molecular complexity index is 1040. The second-order valence-electron chi connectivity index (χ2n) is 9.15. The molecule has 3 heterocycles. The van der Waals surface area contributed by atoms with Crippen molar-refractivity contribution in [2.45, 2.75) is 45.6 Å². The van der Waals surface area contributed by atoms with E-state index in [0.717, 1.165) is 57.4 Å². The molecule has 1 saturated heterocycles. The first kappa shape index (κ1) is 24.1. The van der Waals surface area contributed by atoms with Gasteiger partial charge in [0.2, 0.25) is 0 Å². The summed E-state index contributed by atoms with van der Waals surface area (Å²) in [5.74, 6) is -0.207. The lowest BCUT2D eigenvalue weighted by Crippen LogP contribution is -2.37. The molecule has 7 nitrogen and oxygen atoms in total. The van der Waals surface area contributed by atoms with E-state index in [9.17, 15) is 19.2 Å². The normalized spacial score (nSPS) is 18.8. The summed E-state index contributed by atoms with van der Waals surface area (Å²) in [6.45, 7) is 6.61. The average Bonchev–Trinajstić information content (AvgIpc) is 3.22. The van der Waals surface area contributed by atoms with Crippen LogP contribution in [0.2, 0.25) is 0 Å². The van der Waals surface area contributed by atoms with Gasteiger partial charge in [0.05, 0.1) is 5.71 Å². The number of unbranched alkanes of at least 4 members (excludes halogenated alkanes) is 1. The number of carbonyl (C=O) groups is 2. The number of oxime groups is 1. The number of amides is 1. The zero-order valence-electron chi connectivity index (χ0n) is 19.8. The predicted octanol–water partition coefficient (Wildman–Crippen LogP) is 4.05. The Balaban J connectivity index is 1.26. The number of fused-ring (bicyclic) bond motifs is 1. The predicted molar refractivity (Wildman–Crippen MR) is 128 cm³/mol. The molecular weight excluding hydrogens is 436 g/mol. The minimum atomic E-state index is -0.323. The number of ketones is 1. The van der Waals surface area contributed by atoms with Crippen molar-refractivity contribution in [3.8, 4) is 0 Å². The Morgan fingerprint density at radius 1 is 1.09 bits per heavy atom. The average molecular weight is 470 g/mol. The van der Waals surface area contributed by atoms with Crippen LogP contribution < -0.4 is 0 Å². The Morgan fingerprint density at radius 3 is 2.47 bits per heavy atom. The number of benzene rings is 1. The third-order valence-corrected chi connectivity index (χ3v) is 7.10. The van der Waals surface area contributed by atoms with Gasteiger partial charge >= 0.3 is 0 Å². The molecule has 182 valence electrons. The topological polar surface area (TPSA) is 78.1 Å². The van der Waals surface area contributed by atoms with Gasteiger partial charge in [-0.3, -0.25) is 9.59 Å². The van der Waals surface area contributed by atoms with Crippen LogP contribution in [0, 0.1) is 11.7 Å². The largest absolute Gasteiger partial charge is 0.411 e. The van der Waals surface area contributed by atoms with Crippen LogP contribution in [0.3, 0.4) is 0 Å². The Hall–Kier alpha value is -3.00. The lowest BCUT2D eigenvalue weighted by molar-refractivity contribution is 0.0759. The van der Waals surface area contributed by atoms with Crippen molar-refractivity contribution >= 4 is 17.4 Å². The molecule has 1 aromatic carbocycles. The number of aryl methyl sites for hydroxylation is 1. The number of hydrogen-bond acceptors (Lipinski definition) is 5. The number of hydrogen-bond donors (Lipinski definition) is 1. The molecule has 1 amide bonds. The summed E-state index contributed by atoms with van der Waals surface area (Å²) in [6.07, 6.45) is 6.04. The molecule has 0 radical (unpaired) electrons. The Kier molecular flexibility index (Phi) is 7.77. The van der Waals surface area contributed by atoms with Crippen LogP contribution in [0.15, 0.2) is 41.7 Å². The van der Waals surface area contributed by atoms with E-state index in [1.165, 1.54) is 12.1 Å². The molecule has 0 unspecified atom stereocenters. The van der Waals surface area contributed by atoms with Crippen molar-refractivity contribution < 1.29 is 19.2 Å². The van der Waals surface area contributed by atoms with Crippen molar-refractivity contribution in [1.82, 2.24) is 14.4 Å². The summed E-state index contributed by atoms with van der Waals surface area (Å²) in [5, 5.41) is 12.9. The van der Waals surface area contributed by atoms with E-state index in [1.54, 1.807) is 17.0 Å². The number of halogens is 1. The number of piperidine rings is 1. The number of aromatic nitrogens is 1. The first-order valence-electron chi connectivity index (χ1n) is 12.2. The molecule has 2 aliphatic rings. The van der Waals surface area contributed by atoms with Crippen molar-refractivity contribution in [3.63, 3.8) is 0 Å². The molecule has 0 saturated carbocycles. The van der Waals surface area contributed by atoms with Gasteiger partial charge in [-0.25, -0.2) is 4.39 Å². The lowest BCUT2D eigenvalue weighted by Gasteiger charge is -2.31. The molecule has 0 spiro atoms. The van der Waals surface area contributed by atoms with Crippen molar-refractivity contribution in [2.75, 3.05) is 32.7 Å². The molecule has 1 fully saturated rings. The summed E-state index contributed by atoms with van der Waals surface area (Å²) in [6, 6.07) is 7.72. The van der Waals surface area contributed by atoms with E-state index in [1.807, 2.05) is 23.8 Å². The lowest BCUT2D eigenvalue weighted by atomic mass is 9.89. The molecule has 1 aromatic heterocycles. The van der Waals surface area contributed by atoms with Crippen LogP contribution in [-0.4, -0.2) is 69.7 Å². The maximum absolute atomic E-state index is 13.1. The van der Waals surface area contributed by atoms with Gasteiger partial charge in [-0.2, -0.15) is 0 Å². The molecule has 4 rings (SSSR count). The monoisotopic (exact) mass is 469 g/mol. The van der Waals surface area contributed by atoms with Crippen molar-refractivity contribution in [1.29, 1.82) is 0 Å². The second kappa shape index (κ2) is 11.0. The molecule has 34 heavy (non-hydrogen) atoms. The Labute approximate surface area is 199 Å². The standard InChI is InChI=1S/C26H33FN4O3/c1-2-30-18-12-23(28-34)22-11-17-31(24(22)26(30)33)14-4-3-13-29-15-9-20(10-16-29)25(32)19-5-7-21(27)8-6-19/h5-8,11,17,20,34H,2-4,9-10,12-16,18H2,1H3/i30+1. The second-order valence-corrected chi connectivity index (χ2v) is 9.15. The number of Topliss-reactive ketones (excluding diaryl/α,β-unsaturated/α-hetero) is 1. The zero-order valence-corrected chi connectivity index (χ0v) is 19.8.